The molecule has 51 valence electrons. The van der Waals surface area contributed by atoms with E-state index in [9.17, 15) is 0 Å². The number of rotatable bonds is 2. The second-order valence-electron chi connectivity index (χ2n) is 1.91. The molecule has 0 amide bonds. The molecule has 0 aliphatic rings. The highest BCUT2D eigenvalue weighted by molar-refractivity contribution is 7.98. The van der Waals surface area contributed by atoms with Gasteiger partial charge in [-0.05, 0) is 12.3 Å². The summed E-state index contributed by atoms with van der Waals surface area (Å²) in [6, 6.07) is 7.73. The molecule has 0 saturated heterocycles. The van der Waals surface area contributed by atoms with Crippen molar-refractivity contribution in [2.45, 2.75) is 4.90 Å². The molecular weight excluding hydrogens is 143 g/mol. The van der Waals surface area contributed by atoms with E-state index in [2.05, 4.69) is 0 Å². The molecule has 0 atom stereocenters. The van der Waals surface area contributed by atoms with Crippen LogP contribution in [-0.4, -0.2) is 18.8 Å². The number of benzene rings is 1. The molecule has 0 aliphatic heterocycles. The fourth-order valence-corrected chi connectivity index (χ4v) is 1.19. The Hall–Kier alpha value is -0.405. The summed E-state index contributed by atoms with van der Waals surface area (Å²) >= 11 is 1.67. The topological polar surface area (TPSA) is 20.2 Å². The average Bonchev–Trinajstić information content (AvgIpc) is 2.05. The Bertz CT molecular complexity index is 195. The molecule has 0 fully saturated rings. The molecule has 0 heterocycles. The van der Waals surface area contributed by atoms with E-state index >= 15 is 0 Å². The van der Waals surface area contributed by atoms with Gasteiger partial charge in [0.2, 0.25) is 0 Å². The summed E-state index contributed by atoms with van der Waals surface area (Å²) in [5.74, 6) is 0. The van der Waals surface area contributed by atoms with E-state index in [1.54, 1.807) is 11.8 Å². The summed E-state index contributed by atoms with van der Waals surface area (Å²) in [4.78, 5) is 1.17. The predicted molar refractivity (Wildman–Crippen MR) is 45.8 cm³/mol. The van der Waals surface area contributed by atoms with Crippen molar-refractivity contribution in [3.8, 4) is 0 Å². The Balaban J connectivity index is 2.87. The first-order chi connectivity index (χ1) is 4.86. The van der Waals surface area contributed by atoms with Crippen molar-refractivity contribution in [1.82, 2.24) is 0 Å². The van der Waals surface area contributed by atoms with Gasteiger partial charge in [-0.25, -0.2) is 0 Å². The summed E-state index contributed by atoms with van der Waals surface area (Å²) < 4.78 is 0. The van der Waals surface area contributed by atoms with Crippen molar-refractivity contribution in [3.05, 3.63) is 24.3 Å². The van der Waals surface area contributed by atoms with E-state index in [0.717, 1.165) is 12.9 Å². The monoisotopic (exact) mass is 151 g/mol. The van der Waals surface area contributed by atoms with Crippen LogP contribution in [0.5, 0.6) is 0 Å². The molecule has 1 rings (SSSR count). The third-order valence-corrected chi connectivity index (χ3v) is 1.97. The predicted octanol–water partition coefficient (Wildman–Crippen LogP) is 0.645. The quantitative estimate of drug-likeness (QED) is 0.494. The van der Waals surface area contributed by atoms with Gasteiger partial charge >= 0.3 is 7.48 Å². The van der Waals surface area contributed by atoms with E-state index in [4.69, 9.17) is 5.02 Å². The second kappa shape index (κ2) is 3.69. The summed E-state index contributed by atoms with van der Waals surface area (Å²) in [5, 5.41) is 8.62. The molecule has 1 N–H and O–H groups in total. The van der Waals surface area contributed by atoms with Crippen LogP contribution in [0.1, 0.15) is 0 Å². The number of hydrogen-bond acceptors (Lipinski definition) is 2. The van der Waals surface area contributed by atoms with Crippen LogP contribution in [0.4, 0.5) is 0 Å². The van der Waals surface area contributed by atoms with Crippen molar-refractivity contribution < 1.29 is 5.02 Å². The molecule has 0 aliphatic carbocycles. The van der Waals surface area contributed by atoms with Crippen LogP contribution >= 0.6 is 11.8 Å². The van der Waals surface area contributed by atoms with Crippen LogP contribution in [0.25, 0.3) is 0 Å². The first-order valence-electron chi connectivity index (χ1n) is 2.98. The standard InChI is InChI=1S/C7H8BOS/c1-10-7-4-2-3-6(5-7)8-9/h2-5,9H,1H3. The minimum Gasteiger partial charge on any atom is -0.450 e. The molecule has 0 aromatic heterocycles. The zero-order valence-electron chi connectivity index (χ0n) is 5.74. The maximum absolute atomic E-state index is 8.62. The summed E-state index contributed by atoms with van der Waals surface area (Å²) in [7, 11) is 1.11. The van der Waals surface area contributed by atoms with Gasteiger partial charge in [0, 0.05) is 4.90 Å². The SMILES string of the molecule is CSc1cccc([B]O)c1. The minimum absolute atomic E-state index is 0.854. The number of thioether (sulfide) groups is 1. The lowest BCUT2D eigenvalue weighted by atomic mass is 9.89. The second-order valence-corrected chi connectivity index (χ2v) is 2.79. The lowest BCUT2D eigenvalue weighted by Crippen LogP contribution is -2.12. The third kappa shape index (κ3) is 1.79. The Morgan fingerprint density at radius 3 is 2.90 bits per heavy atom. The third-order valence-electron chi connectivity index (χ3n) is 1.24. The largest absolute Gasteiger partial charge is 0.450 e. The molecular formula is C7H8BOS. The van der Waals surface area contributed by atoms with Crippen LogP contribution in [-0.2, 0) is 0 Å². The van der Waals surface area contributed by atoms with Crippen molar-refractivity contribution in [2.75, 3.05) is 6.26 Å². The molecule has 0 bridgehead atoms. The minimum atomic E-state index is 0.854. The summed E-state index contributed by atoms with van der Waals surface area (Å²) in [6.07, 6.45) is 2.01. The Kier molecular flexibility index (Phi) is 2.84. The normalized spacial score (nSPS) is 9.40. The maximum Gasteiger partial charge on any atom is 0.326 e. The maximum atomic E-state index is 8.62. The van der Waals surface area contributed by atoms with Gasteiger partial charge in [-0.3, -0.25) is 0 Å². The van der Waals surface area contributed by atoms with Gasteiger partial charge in [0.15, 0.2) is 0 Å². The Morgan fingerprint density at radius 2 is 2.30 bits per heavy atom. The molecule has 1 radical (unpaired) electrons. The molecule has 1 aromatic rings. The van der Waals surface area contributed by atoms with Crippen LogP contribution in [0.3, 0.4) is 0 Å². The van der Waals surface area contributed by atoms with Crippen molar-refractivity contribution in [2.24, 2.45) is 0 Å². The van der Waals surface area contributed by atoms with E-state index < -0.39 is 0 Å². The first-order valence-corrected chi connectivity index (χ1v) is 4.21. The van der Waals surface area contributed by atoms with Gasteiger partial charge in [-0.1, -0.05) is 23.7 Å². The molecule has 1 aromatic carbocycles. The zero-order valence-corrected chi connectivity index (χ0v) is 6.56. The molecule has 10 heavy (non-hydrogen) atoms. The Morgan fingerprint density at radius 1 is 1.50 bits per heavy atom. The highest BCUT2D eigenvalue weighted by Crippen LogP contribution is 2.10. The van der Waals surface area contributed by atoms with E-state index in [0.29, 0.717) is 0 Å². The van der Waals surface area contributed by atoms with Crippen LogP contribution < -0.4 is 5.46 Å². The highest BCUT2D eigenvalue weighted by Gasteiger charge is 1.93. The Labute approximate surface area is 65.7 Å². The highest BCUT2D eigenvalue weighted by atomic mass is 32.2. The molecule has 1 nitrogen and oxygen atoms in total. The van der Waals surface area contributed by atoms with E-state index in [-0.39, 0.29) is 0 Å². The van der Waals surface area contributed by atoms with Crippen molar-refractivity contribution in [3.63, 3.8) is 0 Å². The van der Waals surface area contributed by atoms with Crippen LogP contribution in [0.15, 0.2) is 29.2 Å². The fraction of sp³-hybridized carbons (Fsp3) is 0.143. The summed E-state index contributed by atoms with van der Waals surface area (Å²) in [6.45, 7) is 0. The van der Waals surface area contributed by atoms with Gasteiger partial charge < -0.3 is 5.02 Å². The van der Waals surface area contributed by atoms with Gasteiger partial charge in [0.25, 0.3) is 0 Å². The average molecular weight is 151 g/mol. The van der Waals surface area contributed by atoms with Crippen molar-refractivity contribution >= 4 is 24.7 Å². The van der Waals surface area contributed by atoms with Crippen molar-refractivity contribution in [1.29, 1.82) is 0 Å². The summed E-state index contributed by atoms with van der Waals surface area (Å²) in [5.41, 5.74) is 0.854. The molecule has 3 heteroatoms. The molecule has 0 unspecified atom stereocenters. The van der Waals surface area contributed by atoms with Crippen LogP contribution in [0.2, 0.25) is 0 Å². The zero-order chi connectivity index (χ0) is 7.40. The van der Waals surface area contributed by atoms with E-state index in [1.807, 2.05) is 30.5 Å². The fourth-order valence-electron chi connectivity index (χ4n) is 0.722. The lowest BCUT2D eigenvalue weighted by Gasteiger charge is -1.96. The first kappa shape index (κ1) is 7.70. The smallest absolute Gasteiger partial charge is 0.326 e. The molecule has 0 saturated carbocycles. The van der Waals surface area contributed by atoms with Gasteiger partial charge in [-0.15, -0.1) is 11.8 Å². The number of hydrogen-bond donors (Lipinski definition) is 1. The van der Waals surface area contributed by atoms with Gasteiger partial charge in [-0.2, -0.15) is 0 Å². The van der Waals surface area contributed by atoms with Crippen LogP contribution in [0, 0.1) is 0 Å². The van der Waals surface area contributed by atoms with Gasteiger partial charge in [0.1, 0.15) is 0 Å². The lowest BCUT2D eigenvalue weighted by molar-refractivity contribution is 0.615. The molecule has 0 spiro atoms. The van der Waals surface area contributed by atoms with Gasteiger partial charge in [0.05, 0.1) is 0 Å². The van der Waals surface area contributed by atoms with E-state index in [1.165, 1.54) is 4.90 Å².